The molecule has 410 valence electrons. The van der Waals surface area contributed by atoms with Gasteiger partial charge >= 0.3 is 5.97 Å². The Morgan fingerprint density at radius 1 is 0.390 bits per heavy atom. The molecule has 10 nitrogen and oxygen atoms in total. The SMILES string of the molecule is O=C(O[C@@H]1Cc2c(OCc3ccccc3)cc(OCc3ccccc3)cc2O[C@H]1c1ccc(OCc2ccccc2)c(OCc2ccccc2)c1)c1cc(OCc2ccccc2)c(OCc2ccccc2)c(OCc2ccccc2)c1F. The smallest absolute Gasteiger partial charge is 0.341 e. The summed E-state index contributed by atoms with van der Waals surface area (Å²) in [5.41, 5.74) is 7.01. The number of carbonyl (C=O) groups is 1. The maximum absolute atomic E-state index is 17.8. The molecular formula is C71H59FO10. The number of rotatable bonds is 24. The molecule has 10 aromatic carbocycles. The Morgan fingerprint density at radius 2 is 0.780 bits per heavy atom. The van der Waals surface area contributed by atoms with Crippen LogP contribution in [0.15, 0.2) is 249 Å². The van der Waals surface area contributed by atoms with Crippen molar-refractivity contribution < 1.29 is 51.8 Å². The van der Waals surface area contributed by atoms with Gasteiger partial charge in [-0.15, -0.1) is 0 Å². The Labute approximate surface area is 476 Å². The fourth-order valence-corrected chi connectivity index (χ4v) is 9.41. The first-order chi connectivity index (χ1) is 40.5. The zero-order valence-electron chi connectivity index (χ0n) is 44.9. The first-order valence-electron chi connectivity index (χ1n) is 27.2. The molecule has 82 heavy (non-hydrogen) atoms. The standard InChI is InChI=1S/C71H59FO10/c72-67-60(42-65(78-47-54-30-16-5-17-31-54)69(79-48-55-32-18-6-19-33-55)70(67)80-49-56-34-20-7-21-35-56)71(73)82-66-41-59-62(76-45-52-26-12-3-13-27-52)39-58(74-43-50-22-8-1-9-23-50)40-63(59)81-68(66)57-36-37-61(75-44-51-24-10-2-11-25-51)64(38-57)77-46-53-28-14-4-15-29-53/h1-40,42,66,68H,41,43-49H2/t66-,68+/m1/s1. The van der Waals surface area contributed by atoms with Gasteiger partial charge in [0.15, 0.2) is 29.2 Å². The minimum atomic E-state index is -1.09. The lowest BCUT2D eigenvalue weighted by molar-refractivity contribution is -0.0194. The van der Waals surface area contributed by atoms with E-state index in [4.69, 9.17) is 42.6 Å². The summed E-state index contributed by atoms with van der Waals surface area (Å²) >= 11 is 0. The molecule has 0 aromatic heterocycles. The van der Waals surface area contributed by atoms with Crippen LogP contribution in [0, 0.1) is 5.82 Å². The second-order valence-electron chi connectivity index (χ2n) is 19.6. The molecule has 0 fully saturated rings. The summed E-state index contributed by atoms with van der Waals surface area (Å²) in [6, 6.07) is 78.2. The average Bonchev–Trinajstić information content (AvgIpc) is 3.67. The topological polar surface area (TPSA) is 100 Å². The van der Waals surface area contributed by atoms with Crippen molar-refractivity contribution in [3.63, 3.8) is 0 Å². The van der Waals surface area contributed by atoms with E-state index < -0.39 is 29.6 Å². The first-order valence-corrected chi connectivity index (χ1v) is 27.2. The molecule has 0 bridgehead atoms. The summed E-state index contributed by atoms with van der Waals surface area (Å²) in [5.74, 6) is 0.0784. The van der Waals surface area contributed by atoms with Crippen LogP contribution in [0.2, 0.25) is 0 Å². The highest BCUT2D eigenvalue weighted by Crippen LogP contribution is 2.47. The van der Waals surface area contributed by atoms with Crippen LogP contribution in [0.25, 0.3) is 0 Å². The van der Waals surface area contributed by atoms with Crippen LogP contribution in [-0.2, 0) is 57.4 Å². The van der Waals surface area contributed by atoms with Crippen LogP contribution < -0.4 is 37.9 Å². The highest BCUT2D eigenvalue weighted by Gasteiger charge is 2.39. The molecular weight excluding hydrogens is 1030 g/mol. The van der Waals surface area contributed by atoms with Crippen molar-refractivity contribution in [2.45, 2.75) is 64.9 Å². The first kappa shape index (κ1) is 54.0. The van der Waals surface area contributed by atoms with E-state index in [1.165, 1.54) is 6.07 Å². The number of ether oxygens (including phenoxy) is 9. The van der Waals surface area contributed by atoms with E-state index >= 15 is 9.18 Å². The summed E-state index contributed by atoms with van der Waals surface area (Å²) in [6.45, 7) is 1.09. The number of hydrogen-bond donors (Lipinski definition) is 0. The molecule has 0 amide bonds. The van der Waals surface area contributed by atoms with Crippen LogP contribution in [0.1, 0.15) is 66.5 Å². The van der Waals surface area contributed by atoms with Crippen LogP contribution in [-0.4, -0.2) is 12.1 Å². The molecule has 1 heterocycles. The number of hydrogen-bond acceptors (Lipinski definition) is 10. The van der Waals surface area contributed by atoms with Gasteiger partial charge in [-0.1, -0.05) is 218 Å². The number of benzene rings is 10. The second kappa shape index (κ2) is 26.8. The van der Waals surface area contributed by atoms with Gasteiger partial charge < -0.3 is 42.6 Å². The fourth-order valence-electron chi connectivity index (χ4n) is 9.41. The molecule has 0 spiro atoms. The van der Waals surface area contributed by atoms with E-state index in [9.17, 15) is 0 Å². The molecule has 0 aliphatic carbocycles. The summed E-state index contributed by atoms with van der Waals surface area (Å²) in [6.07, 6.45) is -2.01. The molecule has 0 saturated heterocycles. The van der Waals surface area contributed by atoms with E-state index in [0.29, 0.717) is 39.9 Å². The third-order valence-corrected chi connectivity index (χ3v) is 13.7. The lowest BCUT2D eigenvalue weighted by Crippen LogP contribution is -2.35. The third kappa shape index (κ3) is 14.1. The van der Waals surface area contributed by atoms with Gasteiger partial charge in [-0.25, -0.2) is 9.18 Å². The zero-order chi connectivity index (χ0) is 55.7. The van der Waals surface area contributed by atoms with Crippen molar-refractivity contribution in [2.24, 2.45) is 0 Å². The zero-order valence-corrected chi connectivity index (χ0v) is 44.9. The quantitative estimate of drug-likeness (QED) is 0.0544. The van der Waals surface area contributed by atoms with Gasteiger partial charge in [0.25, 0.3) is 0 Å². The van der Waals surface area contributed by atoms with Gasteiger partial charge in [-0.3, -0.25) is 0 Å². The Hall–Kier alpha value is -10.0. The van der Waals surface area contributed by atoms with Gasteiger partial charge in [0, 0.05) is 35.7 Å². The summed E-state index contributed by atoms with van der Waals surface area (Å²) < 4.78 is 76.9. The van der Waals surface area contributed by atoms with Gasteiger partial charge in [-0.2, -0.15) is 0 Å². The third-order valence-electron chi connectivity index (χ3n) is 13.7. The highest BCUT2D eigenvalue weighted by molar-refractivity contribution is 5.92. The molecule has 11 rings (SSSR count). The monoisotopic (exact) mass is 1090 g/mol. The van der Waals surface area contributed by atoms with Crippen LogP contribution in [0.4, 0.5) is 4.39 Å². The fraction of sp³-hybridized carbons (Fsp3) is 0.141. The van der Waals surface area contributed by atoms with E-state index in [1.54, 1.807) is 0 Å². The summed E-state index contributed by atoms with van der Waals surface area (Å²) in [4.78, 5) is 15.3. The number of esters is 1. The molecule has 0 N–H and O–H groups in total. The average molecular weight is 1090 g/mol. The molecule has 0 unspecified atom stereocenters. The van der Waals surface area contributed by atoms with E-state index in [2.05, 4.69) is 0 Å². The Bertz CT molecular complexity index is 3650. The summed E-state index contributed by atoms with van der Waals surface area (Å²) in [7, 11) is 0. The minimum absolute atomic E-state index is 0.0133. The maximum Gasteiger partial charge on any atom is 0.341 e. The van der Waals surface area contributed by atoms with Gasteiger partial charge in [0.1, 0.15) is 75.2 Å². The largest absolute Gasteiger partial charge is 0.489 e. The lowest BCUT2D eigenvalue weighted by Gasteiger charge is -2.35. The lowest BCUT2D eigenvalue weighted by atomic mass is 9.93. The van der Waals surface area contributed by atoms with Crippen molar-refractivity contribution in [1.29, 1.82) is 0 Å². The molecule has 2 atom stereocenters. The summed E-state index contributed by atoms with van der Waals surface area (Å²) in [5, 5.41) is 0. The predicted octanol–water partition coefficient (Wildman–Crippen LogP) is 15.8. The number of halogens is 1. The number of carbonyl (C=O) groups excluding carboxylic acids is 1. The van der Waals surface area contributed by atoms with Crippen LogP contribution >= 0.6 is 0 Å². The predicted molar refractivity (Wildman–Crippen MR) is 311 cm³/mol. The Morgan fingerprint density at radius 3 is 1.24 bits per heavy atom. The molecule has 11 heteroatoms. The molecule has 0 radical (unpaired) electrons. The molecule has 1 aliphatic rings. The maximum atomic E-state index is 17.8. The van der Waals surface area contributed by atoms with Crippen molar-refractivity contribution in [3.8, 4) is 46.0 Å². The van der Waals surface area contributed by atoms with Crippen LogP contribution in [0.3, 0.4) is 0 Å². The van der Waals surface area contributed by atoms with Crippen molar-refractivity contribution >= 4 is 5.97 Å². The molecule has 0 saturated carbocycles. The Balaban J connectivity index is 0.998. The van der Waals surface area contributed by atoms with Gasteiger partial charge in [0.05, 0.1) is 0 Å². The van der Waals surface area contributed by atoms with Crippen molar-refractivity contribution in [3.05, 3.63) is 310 Å². The van der Waals surface area contributed by atoms with E-state index in [1.807, 2.05) is 243 Å². The van der Waals surface area contributed by atoms with Gasteiger partial charge in [0.2, 0.25) is 11.5 Å². The highest BCUT2D eigenvalue weighted by atomic mass is 19.1. The van der Waals surface area contributed by atoms with E-state index in [0.717, 1.165) is 38.9 Å². The Kier molecular flexibility index (Phi) is 17.6. The normalized spacial score (nSPS) is 13.4. The second-order valence-corrected chi connectivity index (χ2v) is 19.6. The molecule has 1 aliphatic heterocycles. The van der Waals surface area contributed by atoms with Crippen molar-refractivity contribution in [2.75, 3.05) is 0 Å². The van der Waals surface area contributed by atoms with Gasteiger partial charge in [-0.05, 0) is 51.1 Å². The van der Waals surface area contributed by atoms with Crippen molar-refractivity contribution in [1.82, 2.24) is 0 Å². The number of fused-ring (bicyclic) bond motifs is 1. The minimum Gasteiger partial charge on any atom is -0.489 e. The van der Waals surface area contributed by atoms with E-state index in [-0.39, 0.29) is 69.9 Å². The van der Waals surface area contributed by atoms with Crippen LogP contribution in [0.5, 0.6) is 46.0 Å². The molecule has 10 aromatic rings.